The molecule has 0 heterocycles. The Morgan fingerprint density at radius 2 is 0.214 bits per heavy atom. The number of benzene rings is 18. The van der Waals surface area contributed by atoms with Crippen LogP contribution in [-0.4, -0.2) is 0 Å². The molecule has 0 nitrogen and oxygen atoms in total. The monoisotopic (exact) mass is 1240 g/mol. The molecule has 0 saturated heterocycles. The molecule has 0 aromatic heterocycles. The van der Waals surface area contributed by atoms with Crippen molar-refractivity contribution in [2.45, 2.75) is 0 Å². The summed E-state index contributed by atoms with van der Waals surface area (Å²) in [5.74, 6) is 0. The molecule has 0 atom stereocenters. The van der Waals surface area contributed by atoms with Gasteiger partial charge in [0.25, 0.3) is 0 Å². The molecule has 18 aromatic rings. The molecule has 18 rings (SSSR count). The zero-order valence-electron chi connectivity index (χ0n) is 54.0. The van der Waals surface area contributed by atoms with Crippen molar-refractivity contribution in [2.24, 2.45) is 0 Å². The Morgan fingerprint density at radius 1 is 0.0816 bits per heavy atom. The molecule has 0 aliphatic rings. The Balaban J connectivity index is 0.852. The van der Waals surface area contributed by atoms with Gasteiger partial charge in [-0.3, -0.25) is 0 Å². The highest BCUT2D eigenvalue weighted by Crippen LogP contribution is 2.48. The number of rotatable bonds is 12. The summed E-state index contributed by atoms with van der Waals surface area (Å²) in [5.41, 5.74) is 28.5. The van der Waals surface area contributed by atoms with E-state index in [1.54, 1.807) is 0 Å². The largest absolute Gasteiger partial charge is 0.0622 e. The molecular formula is C98H64. The van der Waals surface area contributed by atoms with E-state index in [2.05, 4.69) is 388 Å². The molecular weight excluding hydrogens is 1180 g/mol. The first kappa shape index (κ1) is 57.9. The summed E-state index contributed by atoms with van der Waals surface area (Å²) in [6, 6.07) is 144. The molecule has 98 heavy (non-hydrogen) atoms. The maximum absolute atomic E-state index is 2.49. The molecule has 0 N–H and O–H groups in total. The first-order chi connectivity index (χ1) is 48.5. The standard InChI is InChI=1S/C98H64/c1-5-17-65(18-6-1)69-33-41-73(42-34-69)77-25-13-29-81(57-77)85-49-53-89-90-54-50-87(83-31-15-27-79(59-83)75-45-37-71(38-46-75)67-21-9-3-10-22-67)63-95(90)98-96-64-88(84-32-16-28-80(60-84)76-47-39-72(40-48-76)68-23-11-4-12-24-68)52-56-92(96)91-55-51-86(62-94(91)97(98)93(89)61-85)82-30-14-26-78(58-82)74-43-35-70(36-44-74)66-19-7-2-8-20-66/h1-64H. The van der Waals surface area contributed by atoms with Crippen molar-refractivity contribution in [2.75, 3.05) is 0 Å². The highest BCUT2D eigenvalue weighted by molar-refractivity contribution is 6.40. The second-order valence-electron chi connectivity index (χ2n) is 25.9. The van der Waals surface area contributed by atoms with E-state index < -0.39 is 0 Å². The highest BCUT2D eigenvalue weighted by atomic mass is 14.2. The smallest absolute Gasteiger partial charge is 0.00134 e. The number of fused-ring (bicyclic) bond motifs is 11. The van der Waals surface area contributed by atoms with E-state index in [9.17, 15) is 0 Å². The van der Waals surface area contributed by atoms with E-state index in [1.165, 1.54) is 187 Å². The van der Waals surface area contributed by atoms with Crippen LogP contribution < -0.4 is 0 Å². The van der Waals surface area contributed by atoms with Gasteiger partial charge in [-0.15, -0.1) is 0 Å². The van der Waals surface area contributed by atoms with Gasteiger partial charge in [-0.25, -0.2) is 0 Å². The fourth-order valence-corrected chi connectivity index (χ4v) is 14.9. The molecule has 0 fully saturated rings. The average Bonchev–Trinajstić information content (AvgIpc) is 0.702. The van der Waals surface area contributed by atoms with E-state index in [0.29, 0.717) is 0 Å². The second kappa shape index (κ2) is 24.9. The summed E-state index contributed by atoms with van der Waals surface area (Å²) in [4.78, 5) is 0. The van der Waals surface area contributed by atoms with Crippen LogP contribution in [0.3, 0.4) is 0 Å². The lowest BCUT2D eigenvalue weighted by Crippen LogP contribution is -1.92. The van der Waals surface area contributed by atoms with Gasteiger partial charge in [-0.05, 0) is 236 Å². The predicted octanol–water partition coefficient (Wildman–Crippen LogP) is 27.5. The fourth-order valence-electron chi connectivity index (χ4n) is 14.9. The van der Waals surface area contributed by atoms with E-state index in [-0.39, 0.29) is 0 Å². The molecule has 0 unspecified atom stereocenters. The maximum Gasteiger partial charge on any atom is -0.00134 e. The van der Waals surface area contributed by atoms with Crippen LogP contribution in [0.25, 0.3) is 187 Å². The molecule has 0 radical (unpaired) electrons. The Kier molecular flexibility index (Phi) is 14.7. The quantitative estimate of drug-likeness (QED) is 0.107. The first-order valence-corrected chi connectivity index (χ1v) is 33.9. The van der Waals surface area contributed by atoms with Crippen LogP contribution in [0, 0.1) is 0 Å². The Morgan fingerprint density at radius 3 is 0.408 bits per heavy atom. The number of hydrogen-bond acceptors (Lipinski definition) is 0. The molecule has 0 bridgehead atoms. The van der Waals surface area contributed by atoms with Gasteiger partial charge in [0, 0.05) is 0 Å². The van der Waals surface area contributed by atoms with Crippen molar-refractivity contribution in [3.8, 4) is 134 Å². The highest BCUT2D eigenvalue weighted by Gasteiger charge is 2.21. The molecule has 0 spiro atoms. The lowest BCUT2D eigenvalue weighted by atomic mass is 9.83. The SMILES string of the molecule is c1ccc(-c2ccc(-c3cccc(-c4ccc5c6ccc(-c7cccc(-c8ccc(-c9ccccc9)cc8)c7)cc6c6c7cc(-c8cccc(-c9ccc(-c%10ccccc%10)cc9)c8)ccc7c7ccc(-c8cccc(-c9ccc(-c%10ccccc%10)cc9)c8)cc7c6c5c4)c3)cc2)cc1. The van der Waals surface area contributed by atoms with E-state index in [1.807, 2.05) is 0 Å². The van der Waals surface area contributed by atoms with Gasteiger partial charge >= 0.3 is 0 Å². The maximum atomic E-state index is 2.49. The van der Waals surface area contributed by atoms with Gasteiger partial charge < -0.3 is 0 Å². The lowest BCUT2D eigenvalue weighted by Gasteiger charge is -2.19. The normalized spacial score (nSPS) is 11.5. The van der Waals surface area contributed by atoms with Crippen molar-refractivity contribution < 1.29 is 0 Å². The minimum Gasteiger partial charge on any atom is -0.0622 e. The Bertz CT molecular complexity index is 5270. The summed E-state index contributed by atoms with van der Waals surface area (Å²) in [5, 5.41) is 12.2. The predicted molar refractivity (Wildman–Crippen MR) is 419 cm³/mol. The molecule has 0 saturated carbocycles. The zero-order valence-corrected chi connectivity index (χ0v) is 54.0. The van der Waals surface area contributed by atoms with Gasteiger partial charge in [-0.1, -0.05) is 340 Å². The van der Waals surface area contributed by atoms with Crippen LogP contribution in [0.2, 0.25) is 0 Å². The fraction of sp³-hybridized carbons (Fsp3) is 0. The van der Waals surface area contributed by atoms with Gasteiger partial charge in [0.1, 0.15) is 0 Å². The first-order valence-electron chi connectivity index (χ1n) is 33.9. The van der Waals surface area contributed by atoms with Crippen LogP contribution in [0.4, 0.5) is 0 Å². The summed E-state index contributed by atoms with van der Waals surface area (Å²) < 4.78 is 0. The molecule has 0 amide bonds. The van der Waals surface area contributed by atoms with Crippen LogP contribution in [-0.2, 0) is 0 Å². The van der Waals surface area contributed by atoms with Crippen LogP contribution >= 0.6 is 0 Å². The summed E-state index contributed by atoms with van der Waals surface area (Å²) in [6.07, 6.45) is 0. The Labute approximate surface area is 572 Å². The van der Waals surface area contributed by atoms with Crippen molar-refractivity contribution in [1.29, 1.82) is 0 Å². The van der Waals surface area contributed by atoms with Gasteiger partial charge in [0.05, 0.1) is 0 Å². The van der Waals surface area contributed by atoms with Crippen LogP contribution in [0.5, 0.6) is 0 Å². The van der Waals surface area contributed by atoms with Crippen molar-refractivity contribution in [1.82, 2.24) is 0 Å². The van der Waals surface area contributed by atoms with Gasteiger partial charge in [0.2, 0.25) is 0 Å². The van der Waals surface area contributed by atoms with Crippen molar-refractivity contribution in [3.63, 3.8) is 0 Å². The van der Waals surface area contributed by atoms with E-state index in [0.717, 1.165) is 0 Å². The van der Waals surface area contributed by atoms with Crippen LogP contribution in [0.15, 0.2) is 388 Å². The lowest BCUT2D eigenvalue weighted by molar-refractivity contribution is 1.58. The van der Waals surface area contributed by atoms with E-state index in [4.69, 9.17) is 0 Å². The van der Waals surface area contributed by atoms with Gasteiger partial charge in [-0.2, -0.15) is 0 Å². The molecule has 0 aliphatic carbocycles. The van der Waals surface area contributed by atoms with Crippen molar-refractivity contribution >= 4 is 53.9 Å². The third-order valence-corrected chi connectivity index (χ3v) is 20.1. The summed E-state index contributed by atoms with van der Waals surface area (Å²) >= 11 is 0. The topological polar surface area (TPSA) is 0 Å². The molecule has 0 heteroatoms. The van der Waals surface area contributed by atoms with Crippen molar-refractivity contribution in [3.05, 3.63) is 388 Å². The average molecular weight is 1240 g/mol. The third-order valence-electron chi connectivity index (χ3n) is 20.1. The molecule has 18 aromatic carbocycles. The second-order valence-corrected chi connectivity index (χ2v) is 25.9. The zero-order chi connectivity index (χ0) is 64.9. The van der Waals surface area contributed by atoms with E-state index >= 15 is 0 Å². The number of hydrogen-bond donors (Lipinski definition) is 0. The molecule has 0 aliphatic heterocycles. The summed E-state index contributed by atoms with van der Waals surface area (Å²) in [6.45, 7) is 0. The summed E-state index contributed by atoms with van der Waals surface area (Å²) in [7, 11) is 0. The van der Waals surface area contributed by atoms with Crippen LogP contribution in [0.1, 0.15) is 0 Å². The third kappa shape index (κ3) is 10.9. The minimum absolute atomic E-state index is 1.17. The molecule has 456 valence electrons. The minimum atomic E-state index is 1.17. The Hall–Kier alpha value is -12.7. The van der Waals surface area contributed by atoms with Gasteiger partial charge in [0.15, 0.2) is 0 Å².